The molecule has 0 aliphatic carbocycles. The van der Waals surface area contributed by atoms with E-state index in [1.165, 1.54) is 14.2 Å². The Bertz CT molecular complexity index is 411. The minimum atomic E-state index is -0.594. The highest BCUT2D eigenvalue weighted by Gasteiger charge is 2.22. The third kappa shape index (κ3) is 4.50. The van der Waals surface area contributed by atoms with E-state index in [2.05, 4.69) is 9.72 Å². The maximum Gasteiger partial charge on any atom is 0.364 e. The van der Waals surface area contributed by atoms with Gasteiger partial charge in [0.1, 0.15) is 0 Å². The Hall–Kier alpha value is -1.60. The summed E-state index contributed by atoms with van der Waals surface area (Å²) in [5, 5.41) is 0. The number of rotatable bonds is 9. The second-order valence-electron chi connectivity index (χ2n) is 3.82. The van der Waals surface area contributed by atoms with E-state index >= 15 is 0 Å². The van der Waals surface area contributed by atoms with Crippen LogP contribution in [0, 0.1) is 0 Å². The number of nitrogens with zero attached hydrogens (tertiary/aromatic N) is 1. The van der Waals surface area contributed by atoms with Gasteiger partial charge in [-0.1, -0.05) is 0 Å². The van der Waals surface area contributed by atoms with Crippen LogP contribution in [0.3, 0.4) is 0 Å². The van der Waals surface area contributed by atoms with Crippen molar-refractivity contribution in [3.05, 3.63) is 11.6 Å². The topological polar surface area (TPSA) is 80.0 Å². The van der Waals surface area contributed by atoms with Crippen LogP contribution in [-0.4, -0.2) is 44.7 Å². The van der Waals surface area contributed by atoms with Gasteiger partial charge >= 0.3 is 11.9 Å². The van der Waals surface area contributed by atoms with E-state index < -0.39 is 5.97 Å². The van der Waals surface area contributed by atoms with Crippen LogP contribution in [0.5, 0.6) is 5.95 Å². The molecule has 1 heterocycles. The lowest BCUT2D eigenvalue weighted by atomic mass is 10.3. The van der Waals surface area contributed by atoms with Crippen molar-refractivity contribution in [1.82, 2.24) is 4.98 Å². The molecule has 114 valence electrons. The summed E-state index contributed by atoms with van der Waals surface area (Å²) in [5.41, 5.74) is 0.0365. The average molecular weight is 287 g/mol. The number of carbonyl (C=O) groups excluding carboxylic acids is 1. The summed E-state index contributed by atoms with van der Waals surface area (Å²) in [6, 6.07) is 0. The molecule has 7 nitrogen and oxygen atoms in total. The molecule has 0 aromatic carbocycles. The van der Waals surface area contributed by atoms with Gasteiger partial charge in [-0.3, -0.25) is 0 Å². The largest absolute Gasteiger partial charge is 0.467 e. The van der Waals surface area contributed by atoms with Crippen LogP contribution in [0.25, 0.3) is 0 Å². The first kappa shape index (κ1) is 16.5. The highest BCUT2D eigenvalue weighted by atomic mass is 16.7. The second kappa shape index (κ2) is 8.55. The fourth-order valence-corrected chi connectivity index (χ4v) is 1.65. The van der Waals surface area contributed by atoms with Crippen molar-refractivity contribution in [2.75, 3.05) is 27.4 Å². The molecule has 0 saturated carbocycles. The Kier molecular flexibility index (Phi) is 7.03. The van der Waals surface area contributed by atoms with Gasteiger partial charge in [-0.05, 0) is 13.8 Å². The summed E-state index contributed by atoms with van der Waals surface area (Å²) < 4.78 is 25.8. The molecule has 0 aliphatic heterocycles. The van der Waals surface area contributed by atoms with Crippen LogP contribution in [0.2, 0.25) is 0 Å². The number of aryl methyl sites for hydroxylation is 1. The summed E-state index contributed by atoms with van der Waals surface area (Å²) >= 11 is 0. The van der Waals surface area contributed by atoms with E-state index in [1.807, 2.05) is 13.8 Å². The summed E-state index contributed by atoms with van der Waals surface area (Å²) in [7, 11) is 2.68. The summed E-state index contributed by atoms with van der Waals surface area (Å²) in [5.74, 6) is -0.161. The number of methoxy groups -OCH3 is 2. The molecule has 0 bridgehead atoms. The fourth-order valence-electron chi connectivity index (χ4n) is 1.65. The lowest BCUT2D eigenvalue weighted by Gasteiger charge is -2.15. The summed E-state index contributed by atoms with van der Waals surface area (Å²) in [6.07, 6.45) is 0.730. The molecule has 0 atom stereocenters. The molecule has 1 aromatic heterocycles. The van der Waals surface area contributed by atoms with Crippen molar-refractivity contribution in [2.24, 2.45) is 0 Å². The molecule has 0 spiro atoms. The van der Waals surface area contributed by atoms with E-state index in [1.54, 1.807) is 0 Å². The number of hydrogen-bond donors (Lipinski definition) is 0. The van der Waals surface area contributed by atoms with Crippen molar-refractivity contribution in [1.29, 1.82) is 0 Å². The van der Waals surface area contributed by atoms with Crippen LogP contribution in [0.4, 0.5) is 0 Å². The van der Waals surface area contributed by atoms with E-state index in [0.717, 1.165) is 0 Å². The Morgan fingerprint density at radius 3 is 2.40 bits per heavy atom. The van der Waals surface area contributed by atoms with Gasteiger partial charge in [0.15, 0.2) is 12.2 Å². The first-order chi connectivity index (χ1) is 9.65. The van der Waals surface area contributed by atoms with Crippen LogP contribution < -0.4 is 4.74 Å². The third-order valence-electron chi connectivity index (χ3n) is 2.50. The van der Waals surface area contributed by atoms with Crippen molar-refractivity contribution in [2.45, 2.75) is 33.0 Å². The zero-order valence-corrected chi connectivity index (χ0v) is 12.3. The maximum absolute atomic E-state index is 11.5. The van der Waals surface area contributed by atoms with Crippen LogP contribution in [-0.2, 0) is 20.6 Å². The quantitative estimate of drug-likeness (QED) is 0.506. The average Bonchev–Trinajstić information content (AvgIpc) is 2.87. The summed E-state index contributed by atoms with van der Waals surface area (Å²) in [4.78, 5) is 15.5. The number of hydrogen-bond acceptors (Lipinski definition) is 7. The number of aromatic nitrogens is 1. The molecule has 0 fully saturated rings. The normalized spacial score (nSPS) is 10.8. The van der Waals surface area contributed by atoms with E-state index in [0.29, 0.717) is 31.9 Å². The minimum Gasteiger partial charge on any atom is -0.467 e. The van der Waals surface area contributed by atoms with E-state index in [9.17, 15) is 4.79 Å². The standard InChI is InChI=1S/C13H21NO6/c1-5-18-10(19-6-2)8-7-9-14-11(12(15)16-3)13(17-4)20-9/h10H,5-8H2,1-4H3. The van der Waals surface area contributed by atoms with Gasteiger partial charge in [0.05, 0.1) is 14.2 Å². The molecule has 20 heavy (non-hydrogen) atoms. The van der Waals surface area contributed by atoms with Gasteiger partial charge < -0.3 is 23.4 Å². The molecular formula is C13H21NO6. The summed E-state index contributed by atoms with van der Waals surface area (Å²) in [6.45, 7) is 4.92. The molecule has 0 unspecified atom stereocenters. The van der Waals surface area contributed by atoms with Gasteiger partial charge in [0.25, 0.3) is 0 Å². The Balaban J connectivity index is 2.67. The van der Waals surface area contributed by atoms with E-state index in [-0.39, 0.29) is 17.9 Å². The molecule has 7 heteroatoms. The maximum atomic E-state index is 11.5. The Labute approximate surface area is 118 Å². The molecule has 0 saturated heterocycles. The predicted octanol–water partition coefficient (Wildman–Crippen LogP) is 1.80. The molecule has 1 rings (SSSR count). The first-order valence-corrected chi connectivity index (χ1v) is 6.51. The van der Waals surface area contributed by atoms with Crippen LogP contribution in [0.1, 0.15) is 36.6 Å². The number of ether oxygens (including phenoxy) is 4. The minimum absolute atomic E-state index is 0.0365. The zero-order valence-electron chi connectivity index (χ0n) is 12.3. The van der Waals surface area contributed by atoms with Crippen molar-refractivity contribution in [3.63, 3.8) is 0 Å². The van der Waals surface area contributed by atoms with Crippen LogP contribution in [0.15, 0.2) is 4.42 Å². The van der Waals surface area contributed by atoms with Crippen molar-refractivity contribution in [3.8, 4) is 5.95 Å². The number of carbonyl (C=O) groups is 1. The second-order valence-corrected chi connectivity index (χ2v) is 3.82. The van der Waals surface area contributed by atoms with Gasteiger partial charge in [-0.2, -0.15) is 0 Å². The number of oxazole rings is 1. The van der Waals surface area contributed by atoms with Gasteiger partial charge in [-0.15, -0.1) is 0 Å². The lowest BCUT2D eigenvalue weighted by Crippen LogP contribution is -2.18. The monoisotopic (exact) mass is 287 g/mol. The SMILES string of the molecule is CCOC(CCc1nc(C(=O)OC)c(OC)o1)OCC. The van der Waals surface area contributed by atoms with Crippen molar-refractivity contribution >= 4 is 5.97 Å². The molecule has 0 amide bonds. The van der Waals surface area contributed by atoms with Gasteiger partial charge in [-0.25, -0.2) is 9.78 Å². The first-order valence-electron chi connectivity index (χ1n) is 6.51. The van der Waals surface area contributed by atoms with Crippen molar-refractivity contribution < 1.29 is 28.2 Å². The molecule has 0 N–H and O–H groups in total. The molecule has 0 radical (unpaired) electrons. The van der Waals surface area contributed by atoms with Crippen LogP contribution >= 0.6 is 0 Å². The highest BCUT2D eigenvalue weighted by Crippen LogP contribution is 2.21. The number of esters is 1. The Morgan fingerprint density at radius 1 is 1.25 bits per heavy atom. The Morgan fingerprint density at radius 2 is 1.90 bits per heavy atom. The molecule has 0 aliphatic rings. The van der Waals surface area contributed by atoms with Gasteiger partial charge in [0.2, 0.25) is 5.69 Å². The lowest BCUT2D eigenvalue weighted by molar-refractivity contribution is -0.139. The fraction of sp³-hybridized carbons (Fsp3) is 0.692. The van der Waals surface area contributed by atoms with Gasteiger partial charge in [0, 0.05) is 26.1 Å². The zero-order chi connectivity index (χ0) is 15.0. The highest BCUT2D eigenvalue weighted by molar-refractivity contribution is 5.89. The predicted molar refractivity (Wildman–Crippen MR) is 69.8 cm³/mol. The molecular weight excluding hydrogens is 266 g/mol. The van der Waals surface area contributed by atoms with E-state index in [4.69, 9.17) is 18.6 Å². The molecule has 1 aromatic rings. The smallest absolute Gasteiger partial charge is 0.364 e. The third-order valence-corrected chi connectivity index (χ3v) is 2.50.